The van der Waals surface area contributed by atoms with Gasteiger partial charge in [-0.25, -0.2) is 0 Å². The third kappa shape index (κ3) is 3.16. The number of hydrogen-bond acceptors (Lipinski definition) is 5. The molecule has 1 aromatic rings. The van der Waals surface area contributed by atoms with Crippen LogP contribution in [0.25, 0.3) is 0 Å². The summed E-state index contributed by atoms with van der Waals surface area (Å²) in [6.45, 7) is 11.7. The van der Waals surface area contributed by atoms with Crippen LogP contribution in [-0.4, -0.2) is 35.0 Å². The number of hydrogen-bond donors (Lipinski definition) is 0. The molecular formula is C16H24N4O. The zero-order valence-corrected chi connectivity index (χ0v) is 13.6. The Bertz CT molecular complexity index is 562. The van der Waals surface area contributed by atoms with Crippen molar-refractivity contribution in [2.45, 2.75) is 59.2 Å². The maximum Gasteiger partial charge on any atom is 0.169 e. The third-order valence-electron chi connectivity index (χ3n) is 3.81. The molecule has 21 heavy (non-hydrogen) atoms. The van der Waals surface area contributed by atoms with Gasteiger partial charge in [-0.3, -0.25) is 0 Å². The number of morpholine rings is 1. The summed E-state index contributed by atoms with van der Waals surface area (Å²) in [5.74, 6) is 0.703. The highest BCUT2D eigenvalue weighted by molar-refractivity contribution is 5.58. The molecule has 0 bridgehead atoms. The van der Waals surface area contributed by atoms with Crippen LogP contribution < -0.4 is 4.90 Å². The van der Waals surface area contributed by atoms with E-state index in [4.69, 9.17) is 4.74 Å². The first kappa shape index (κ1) is 15.7. The third-order valence-corrected chi connectivity index (χ3v) is 3.81. The van der Waals surface area contributed by atoms with Crippen molar-refractivity contribution in [3.8, 4) is 6.07 Å². The molecule has 1 fully saturated rings. The van der Waals surface area contributed by atoms with E-state index in [0.717, 1.165) is 37.2 Å². The van der Waals surface area contributed by atoms with Gasteiger partial charge in [0.05, 0.1) is 17.4 Å². The van der Waals surface area contributed by atoms with Crippen LogP contribution in [0.3, 0.4) is 0 Å². The molecule has 0 aromatic carbocycles. The van der Waals surface area contributed by atoms with E-state index in [1.165, 1.54) is 0 Å². The van der Waals surface area contributed by atoms with Crippen molar-refractivity contribution in [2.24, 2.45) is 0 Å². The minimum Gasteiger partial charge on any atom is -0.369 e. The van der Waals surface area contributed by atoms with Crippen LogP contribution in [0.1, 0.15) is 51.4 Å². The number of ether oxygens (including phenoxy) is 1. The van der Waals surface area contributed by atoms with E-state index in [9.17, 15) is 5.26 Å². The molecule has 1 aliphatic rings. The Kier molecular flexibility index (Phi) is 4.48. The highest BCUT2D eigenvalue weighted by atomic mass is 16.5. The lowest BCUT2D eigenvalue weighted by Crippen LogP contribution is -2.52. The first-order valence-electron chi connectivity index (χ1n) is 7.63. The van der Waals surface area contributed by atoms with Gasteiger partial charge in [0, 0.05) is 13.1 Å². The van der Waals surface area contributed by atoms with Gasteiger partial charge in [0.25, 0.3) is 0 Å². The second kappa shape index (κ2) is 5.98. The summed E-state index contributed by atoms with van der Waals surface area (Å²) in [6, 6.07) is 2.34. The van der Waals surface area contributed by atoms with Gasteiger partial charge >= 0.3 is 0 Å². The lowest BCUT2D eigenvalue weighted by Gasteiger charge is -2.42. The molecule has 0 saturated carbocycles. The van der Waals surface area contributed by atoms with Crippen molar-refractivity contribution in [3.63, 3.8) is 0 Å². The molecule has 114 valence electrons. The number of aromatic nitrogens is 2. The number of nitrogens with zero attached hydrogens (tertiary/aromatic N) is 4. The Morgan fingerprint density at radius 1 is 1.33 bits per heavy atom. The molecule has 0 amide bonds. The van der Waals surface area contributed by atoms with Gasteiger partial charge in [-0.1, -0.05) is 13.8 Å². The molecule has 5 heteroatoms. The lowest BCUT2D eigenvalue weighted by molar-refractivity contribution is -0.0752. The molecular weight excluding hydrogens is 264 g/mol. The van der Waals surface area contributed by atoms with Crippen molar-refractivity contribution >= 4 is 5.82 Å². The van der Waals surface area contributed by atoms with Crippen molar-refractivity contribution in [3.05, 3.63) is 16.8 Å². The lowest BCUT2D eigenvalue weighted by atomic mass is 10.0. The van der Waals surface area contributed by atoms with Gasteiger partial charge in [-0.2, -0.15) is 10.4 Å². The maximum absolute atomic E-state index is 9.60. The number of rotatable bonds is 3. The minimum absolute atomic E-state index is 0.109. The smallest absolute Gasteiger partial charge is 0.169 e. The fraction of sp³-hybridized carbons (Fsp3) is 0.688. The summed E-state index contributed by atoms with van der Waals surface area (Å²) < 4.78 is 5.93. The van der Waals surface area contributed by atoms with Gasteiger partial charge in [0.1, 0.15) is 11.6 Å². The zero-order valence-electron chi connectivity index (χ0n) is 13.6. The van der Waals surface area contributed by atoms with E-state index in [-0.39, 0.29) is 11.7 Å². The quantitative estimate of drug-likeness (QED) is 0.855. The monoisotopic (exact) mass is 288 g/mol. The average molecular weight is 288 g/mol. The van der Waals surface area contributed by atoms with Crippen molar-refractivity contribution in [2.75, 3.05) is 18.0 Å². The van der Waals surface area contributed by atoms with Crippen LogP contribution in [-0.2, 0) is 17.6 Å². The number of aryl methyl sites for hydroxylation is 1. The fourth-order valence-electron chi connectivity index (χ4n) is 3.12. The molecule has 1 unspecified atom stereocenters. The molecule has 5 nitrogen and oxygen atoms in total. The second-order valence-electron chi connectivity index (χ2n) is 6.21. The predicted octanol–water partition coefficient (Wildman–Crippen LogP) is 2.48. The minimum atomic E-state index is -0.248. The summed E-state index contributed by atoms with van der Waals surface area (Å²) >= 11 is 0. The van der Waals surface area contributed by atoms with Gasteiger partial charge in [-0.05, 0) is 39.2 Å². The van der Waals surface area contributed by atoms with Crippen molar-refractivity contribution in [1.29, 1.82) is 5.26 Å². The SMILES string of the molecule is CCc1nnc(N2CC(C)OC(C)(C)C2)c(C#N)c1CC. The number of anilines is 1. The molecule has 1 aliphatic heterocycles. The van der Waals surface area contributed by atoms with Crippen LogP contribution in [0.4, 0.5) is 5.82 Å². The molecule has 1 aromatic heterocycles. The Hall–Kier alpha value is -1.67. The van der Waals surface area contributed by atoms with Crippen LogP contribution in [0.15, 0.2) is 0 Å². The molecule has 2 heterocycles. The standard InChI is InChI=1S/C16H24N4O/c1-6-12-13(8-17)15(19-18-14(12)7-2)20-9-11(3)21-16(4,5)10-20/h11H,6-7,9-10H2,1-5H3. The highest BCUT2D eigenvalue weighted by Crippen LogP contribution is 2.29. The molecule has 1 atom stereocenters. The van der Waals surface area contributed by atoms with E-state index >= 15 is 0 Å². The Morgan fingerprint density at radius 2 is 2.05 bits per heavy atom. The van der Waals surface area contributed by atoms with Gasteiger partial charge in [0.2, 0.25) is 0 Å². The largest absolute Gasteiger partial charge is 0.369 e. The Balaban J connectivity index is 2.47. The topological polar surface area (TPSA) is 62.0 Å². The van der Waals surface area contributed by atoms with Gasteiger partial charge in [0.15, 0.2) is 5.82 Å². The van der Waals surface area contributed by atoms with E-state index in [1.807, 2.05) is 6.92 Å². The van der Waals surface area contributed by atoms with Gasteiger partial charge in [-0.15, -0.1) is 5.10 Å². The first-order valence-corrected chi connectivity index (χ1v) is 7.63. The van der Waals surface area contributed by atoms with E-state index < -0.39 is 0 Å². The zero-order chi connectivity index (χ0) is 15.6. The van der Waals surface area contributed by atoms with Crippen LogP contribution in [0.2, 0.25) is 0 Å². The van der Waals surface area contributed by atoms with Gasteiger partial charge < -0.3 is 9.64 Å². The Labute approximate surface area is 126 Å². The van der Waals surface area contributed by atoms with Crippen LogP contribution in [0, 0.1) is 11.3 Å². The molecule has 1 saturated heterocycles. The maximum atomic E-state index is 9.60. The molecule has 0 aliphatic carbocycles. The molecule has 2 rings (SSSR count). The van der Waals surface area contributed by atoms with Crippen LogP contribution in [0.5, 0.6) is 0 Å². The molecule has 0 radical (unpaired) electrons. The molecule has 0 spiro atoms. The highest BCUT2D eigenvalue weighted by Gasteiger charge is 2.33. The number of nitriles is 1. The average Bonchev–Trinajstić information content (AvgIpc) is 2.43. The predicted molar refractivity (Wildman–Crippen MR) is 82.3 cm³/mol. The normalized spacial score (nSPS) is 21.1. The van der Waals surface area contributed by atoms with Crippen molar-refractivity contribution < 1.29 is 4.74 Å². The second-order valence-corrected chi connectivity index (χ2v) is 6.21. The summed E-state index contributed by atoms with van der Waals surface area (Å²) in [7, 11) is 0. The summed E-state index contributed by atoms with van der Waals surface area (Å²) in [5.41, 5.74) is 2.39. The summed E-state index contributed by atoms with van der Waals surface area (Å²) in [4.78, 5) is 2.14. The van der Waals surface area contributed by atoms with Crippen molar-refractivity contribution in [1.82, 2.24) is 10.2 Å². The molecule has 0 N–H and O–H groups in total. The van der Waals surface area contributed by atoms with Crippen LogP contribution >= 0.6 is 0 Å². The fourth-order valence-corrected chi connectivity index (χ4v) is 3.12. The first-order chi connectivity index (χ1) is 9.91. The summed E-state index contributed by atoms with van der Waals surface area (Å²) in [5, 5.41) is 18.3. The Morgan fingerprint density at radius 3 is 2.57 bits per heavy atom. The van der Waals surface area contributed by atoms with E-state index in [0.29, 0.717) is 11.4 Å². The van der Waals surface area contributed by atoms with E-state index in [2.05, 4.69) is 48.9 Å². The summed E-state index contributed by atoms with van der Waals surface area (Å²) in [6.07, 6.45) is 1.71. The van der Waals surface area contributed by atoms with E-state index in [1.54, 1.807) is 0 Å².